The predicted molar refractivity (Wildman–Crippen MR) is 80.6 cm³/mol. The van der Waals surface area contributed by atoms with Gasteiger partial charge in [-0.15, -0.1) is 0 Å². The van der Waals surface area contributed by atoms with Crippen LogP contribution >= 0.6 is 0 Å². The first-order chi connectivity index (χ1) is 9.54. The van der Waals surface area contributed by atoms with Crippen molar-refractivity contribution in [3.05, 3.63) is 70.3 Å². The van der Waals surface area contributed by atoms with Crippen molar-refractivity contribution in [3.8, 4) is 0 Å². The second-order valence-electron chi connectivity index (χ2n) is 5.21. The fraction of sp³-hybridized carbons (Fsp3) is 0.278. The highest BCUT2D eigenvalue weighted by atomic mass is 16.5. The lowest BCUT2D eigenvalue weighted by molar-refractivity contribution is -0.142. The van der Waals surface area contributed by atoms with Crippen LogP contribution in [0, 0.1) is 13.8 Å². The molecule has 0 N–H and O–H groups in total. The minimum Gasteiger partial charge on any atom is -0.461 e. The number of carbonyl (C=O) groups excluding carboxylic acids is 1. The molecule has 0 aliphatic heterocycles. The summed E-state index contributed by atoms with van der Waals surface area (Å²) in [6.07, 6.45) is 0.904. The fourth-order valence-electron chi connectivity index (χ4n) is 2.22. The molecule has 0 amide bonds. The molecular weight excluding hydrogens is 248 g/mol. The van der Waals surface area contributed by atoms with E-state index in [9.17, 15) is 4.79 Å². The summed E-state index contributed by atoms with van der Waals surface area (Å²) >= 11 is 0. The summed E-state index contributed by atoms with van der Waals surface area (Å²) in [4.78, 5) is 10.9. The van der Waals surface area contributed by atoms with E-state index in [1.54, 1.807) is 0 Å². The monoisotopic (exact) mass is 268 g/mol. The third-order valence-corrected chi connectivity index (χ3v) is 3.33. The Morgan fingerprint density at radius 2 is 1.80 bits per heavy atom. The van der Waals surface area contributed by atoms with E-state index in [0.29, 0.717) is 6.61 Å². The normalized spacial score (nSPS) is 10.3. The van der Waals surface area contributed by atoms with Crippen molar-refractivity contribution in [2.24, 2.45) is 0 Å². The van der Waals surface area contributed by atoms with E-state index in [4.69, 9.17) is 4.74 Å². The summed E-state index contributed by atoms with van der Waals surface area (Å²) in [6, 6.07) is 14.7. The van der Waals surface area contributed by atoms with Gasteiger partial charge in [0.2, 0.25) is 0 Å². The molecule has 2 aromatic carbocycles. The van der Waals surface area contributed by atoms with Crippen LogP contribution in [-0.4, -0.2) is 5.97 Å². The molecule has 0 bridgehead atoms. The average Bonchev–Trinajstić information content (AvgIpc) is 2.41. The summed E-state index contributed by atoms with van der Waals surface area (Å²) < 4.78 is 5.04. The number of ether oxygens (including phenoxy) is 1. The highest BCUT2D eigenvalue weighted by Gasteiger charge is 2.03. The van der Waals surface area contributed by atoms with E-state index in [-0.39, 0.29) is 5.97 Å². The lowest BCUT2D eigenvalue weighted by Crippen LogP contribution is -2.00. The quantitative estimate of drug-likeness (QED) is 0.785. The number of carbonyl (C=O) groups is 1. The second kappa shape index (κ2) is 6.38. The van der Waals surface area contributed by atoms with Gasteiger partial charge in [0, 0.05) is 6.92 Å². The number of benzene rings is 2. The van der Waals surface area contributed by atoms with Crippen LogP contribution in [0.25, 0.3) is 0 Å². The third-order valence-electron chi connectivity index (χ3n) is 3.33. The first-order valence-corrected chi connectivity index (χ1v) is 6.82. The van der Waals surface area contributed by atoms with Crippen LogP contribution < -0.4 is 0 Å². The zero-order chi connectivity index (χ0) is 14.5. The minimum absolute atomic E-state index is 0.245. The lowest BCUT2D eigenvalue weighted by Gasteiger charge is -2.09. The molecule has 2 heteroatoms. The van der Waals surface area contributed by atoms with Crippen molar-refractivity contribution in [1.29, 1.82) is 0 Å². The van der Waals surface area contributed by atoms with Gasteiger partial charge in [0.15, 0.2) is 0 Å². The second-order valence-corrected chi connectivity index (χ2v) is 5.21. The Morgan fingerprint density at radius 1 is 1.05 bits per heavy atom. The van der Waals surface area contributed by atoms with Crippen LogP contribution in [0.2, 0.25) is 0 Å². The fourth-order valence-corrected chi connectivity index (χ4v) is 2.22. The van der Waals surface area contributed by atoms with Crippen LogP contribution in [0.5, 0.6) is 0 Å². The van der Waals surface area contributed by atoms with Gasteiger partial charge >= 0.3 is 5.97 Å². The molecule has 0 heterocycles. The van der Waals surface area contributed by atoms with Gasteiger partial charge in [-0.2, -0.15) is 0 Å². The molecular formula is C18H20O2. The van der Waals surface area contributed by atoms with E-state index in [1.165, 1.54) is 29.2 Å². The van der Waals surface area contributed by atoms with E-state index >= 15 is 0 Å². The Kier molecular flexibility index (Phi) is 4.57. The van der Waals surface area contributed by atoms with Crippen molar-refractivity contribution in [3.63, 3.8) is 0 Å². The predicted octanol–water partition coefficient (Wildman–Crippen LogP) is 3.96. The maximum Gasteiger partial charge on any atom is 0.302 e. The Labute approximate surface area is 120 Å². The molecule has 0 aliphatic carbocycles. The van der Waals surface area contributed by atoms with E-state index < -0.39 is 0 Å². The maximum absolute atomic E-state index is 10.9. The number of rotatable bonds is 4. The van der Waals surface area contributed by atoms with Crippen LogP contribution in [0.1, 0.15) is 34.7 Å². The van der Waals surface area contributed by atoms with Gasteiger partial charge in [0.25, 0.3) is 0 Å². The largest absolute Gasteiger partial charge is 0.461 e. The molecule has 0 atom stereocenters. The molecule has 2 aromatic rings. The van der Waals surface area contributed by atoms with Gasteiger partial charge in [-0.05, 0) is 42.5 Å². The SMILES string of the molecule is CC(=O)OCc1cccc(Cc2cc(C)ccc2C)c1. The number of hydrogen-bond acceptors (Lipinski definition) is 2. The molecule has 0 saturated carbocycles. The average molecular weight is 268 g/mol. The van der Waals surface area contributed by atoms with Crippen LogP contribution in [0.4, 0.5) is 0 Å². The Balaban J connectivity index is 2.15. The van der Waals surface area contributed by atoms with E-state index in [2.05, 4.69) is 44.2 Å². The van der Waals surface area contributed by atoms with Gasteiger partial charge in [-0.3, -0.25) is 4.79 Å². The molecule has 104 valence electrons. The maximum atomic E-state index is 10.9. The van der Waals surface area contributed by atoms with E-state index in [1.807, 2.05) is 12.1 Å². The van der Waals surface area contributed by atoms with Gasteiger partial charge in [-0.25, -0.2) is 0 Å². The van der Waals surface area contributed by atoms with Gasteiger partial charge in [0.05, 0.1) is 0 Å². The minimum atomic E-state index is -0.245. The summed E-state index contributed by atoms with van der Waals surface area (Å²) in [6.45, 7) is 6.02. The smallest absolute Gasteiger partial charge is 0.302 e. The number of hydrogen-bond donors (Lipinski definition) is 0. The standard InChI is InChI=1S/C18H20O2/c1-13-7-8-14(2)18(9-13)11-16-5-4-6-17(10-16)12-20-15(3)19/h4-10H,11-12H2,1-3H3. The van der Waals surface area contributed by atoms with Crippen molar-refractivity contribution < 1.29 is 9.53 Å². The topological polar surface area (TPSA) is 26.3 Å². The number of aryl methyl sites for hydroxylation is 2. The summed E-state index contributed by atoms with van der Waals surface area (Å²) in [5, 5.41) is 0. The highest BCUT2D eigenvalue weighted by molar-refractivity contribution is 5.65. The molecule has 0 unspecified atom stereocenters. The highest BCUT2D eigenvalue weighted by Crippen LogP contribution is 2.17. The first-order valence-electron chi connectivity index (χ1n) is 6.82. The van der Waals surface area contributed by atoms with Crippen molar-refractivity contribution in [2.45, 2.75) is 33.8 Å². The molecule has 0 aliphatic rings. The Morgan fingerprint density at radius 3 is 2.55 bits per heavy atom. The first kappa shape index (κ1) is 14.3. The van der Waals surface area contributed by atoms with Crippen LogP contribution in [-0.2, 0) is 22.6 Å². The lowest BCUT2D eigenvalue weighted by atomic mass is 9.98. The number of esters is 1. The third kappa shape index (κ3) is 3.95. The zero-order valence-electron chi connectivity index (χ0n) is 12.3. The summed E-state index contributed by atoms with van der Waals surface area (Å²) in [7, 11) is 0. The molecule has 0 radical (unpaired) electrons. The Hall–Kier alpha value is -2.09. The van der Waals surface area contributed by atoms with Gasteiger partial charge < -0.3 is 4.74 Å². The molecule has 2 rings (SSSR count). The summed E-state index contributed by atoms with van der Waals surface area (Å²) in [5.41, 5.74) is 6.20. The molecule has 0 aromatic heterocycles. The zero-order valence-corrected chi connectivity index (χ0v) is 12.3. The van der Waals surface area contributed by atoms with Crippen molar-refractivity contribution in [2.75, 3.05) is 0 Å². The van der Waals surface area contributed by atoms with Gasteiger partial charge in [0.1, 0.15) is 6.61 Å². The molecule has 0 spiro atoms. The van der Waals surface area contributed by atoms with E-state index in [0.717, 1.165) is 12.0 Å². The summed E-state index contributed by atoms with van der Waals surface area (Å²) in [5.74, 6) is -0.245. The Bertz CT molecular complexity index is 615. The molecule has 20 heavy (non-hydrogen) atoms. The van der Waals surface area contributed by atoms with Crippen molar-refractivity contribution in [1.82, 2.24) is 0 Å². The molecule has 0 saturated heterocycles. The van der Waals surface area contributed by atoms with Gasteiger partial charge in [-0.1, -0.05) is 48.0 Å². The van der Waals surface area contributed by atoms with Crippen LogP contribution in [0.15, 0.2) is 42.5 Å². The molecule has 2 nitrogen and oxygen atoms in total. The van der Waals surface area contributed by atoms with Crippen LogP contribution in [0.3, 0.4) is 0 Å². The molecule has 0 fully saturated rings. The van der Waals surface area contributed by atoms with Crippen molar-refractivity contribution >= 4 is 5.97 Å².